The third kappa shape index (κ3) is 2.56. The fourth-order valence-electron chi connectivity index (χ4n) is 2.12. The van der Waals surface area contributed by atoms with E-state index in [1.165, 1.54) is 0 Å². The van der Waals surface area contributed by atoms with Crippen molar-refractivity contribution in [3.63, 3.8) is 0 Å². The van der Waals surface area contributed by atoms with Gasteiger partial charge in [-0.05, 0) is 33.8 Å². The second kappa shape index (κ2) is 5.43. The Bertz CT molecular complexity index is 737. The number of carbonyl (C=O) groups excluding carboxylic acids is 1. The Morgan fingerprint density at radius 3 is 2.80 bits per heavy atom. The van der Waals surface area contributed by atoms with Crippen molar-refractivity contribution in [2.75, 3.05) is 7.05 Å². The van der Waals surface area contributed by atoms with Crippen LogP contribution in [0.3, 0.4) is 0 Å². The van der Waals surface area contributed by atoms with Crippen molar-refractivity contribution in [2.24, 2.45) is 0 Å². The number of hydrogen-bond acceptors (Lipinski definition) is 3. The van der Waals surface area contributed by atoms with Crippen molar-refractivity contribution in [1.82, 2.24) is 9.88 Å². The summed E-state index contributed by atoms with van der Waals surface area (Å²) < 4.78 is 0. The summed E-state index contributed by atoms with van der Waals surface area (Å²) in [6.07, 6.45) is 1.75. The molecule has 0 aliphatic heterocycles. The Hall–Kier alpha value is -2.20. The third-order valence-electron chi connectivity index (χ3n) is 3.20. The van der Waals surface area contributed by atoms with E-state index in [2.05, 4.69) is 10.4 Å². The van der Waals surface area contributed by atoms with Gasteiger partial charge >= 0.3 is 0 Å². The minimum Gasteiger partial charge on any atom is -0.336 e. The molecule has 0 bridgehead atoms. The number of pyridine rings is 1. The fraction of sp³-hybridized carbons (Fsp3) is 0.125. The van der Waals surface area contributed by atoms with E-state index in [4.69, 9.17) is 0 Å². The van der Waals surface area contributed by atoms with Crippen LogP contribution in [0.2, 0.25) is 0 Å². The van der Waals surface area contributed by atoms with E-state index < -0.39 is 0 Å². The average Bonchev–Trinajstić information content (AvgIpc) is 2.99. The fourth-order valence-corrected chi connectivity index (χ4v) is 2.78. The van der Waals surface area contributed by atoms with Crippen LogP contribution in [0.25, 0.3) is 10.8 Å². The van der Waals surface area contributed by atoms with E-state index in [1.54, 1.807) is 29.5 Å². The summed E-state index contributed by atoms with van der Waals surface area (Å²) >= 11 is 1.64. The Labute approximate surface area is 121 Å². The summed E-state index contributed by atoms with van der Waals surface area (Å²) in [5.74, 6) is -0.0537. The summed E-state index contributed by atoms with van der Waals surface area (Å²) in [5.41, 5.74) is 1.63. The predicted octanol–water partition coefficient (Wildman–Crippen LogP) is 3.57. The van der Waals surface area contributed by atoms with Crippen LogP contribution in [0.15, 0.2) is 53.4 Å². The second-order valence-corrected chi connectivity index (χ2v) is 5.49. The van der Waals surface area contributed by atoms with Crippen LogP contribution < -0.4 is 0 Å². The number of hydrogen-bond donors (Lipinski definition) is 0. The van der Waals surface area contributed by atoms with E-state index in [0.29, 0.717) is 12.2 Å². The summed E-state index contributed by atoms with van der Waals surface area (Å²) in [6.45, 7) is 0.608. The van der Waals surface area contributed by atoms with Gasteiger partial charge in [0.2, 0.25) is 0 Å². The van der Waals surface area contributed by atoms with Crippen molar-refractivity contribution < 1.29 is 4.79 Å². The van der Waals surface area contributed by atoms with Gasteiger partial charge in [0.1, 0.15) is 5.69 Å². The molecule has 3 rings (SSSR count). The summed E-state index contributed by atoms with van der Waals surface area (Å²) in [6, 6.07) is 11.8. The van der Waals surface area contributed by atoms with Crippen LogP contribution in [0.5, 0.6) is 0 Å². The SMILES string of the molecule is CN(Cc1ccsc1)C(=O)c1cc2ccccc2cn1. The molecule has 20 heavy (non-hydrogen) atoms. The number of thiophene rings is 1. The highest BCUT2D eigenvalue weighted by Gasteiger charge is 2.14. The summed E-state index contributed by atoms with van der Waals surface area (Å²) in [7, 11) is 1.80. The lowest BCUT2D eigenvalue weighted by atomic mass is 10.1. The van der Waals surface area contributed by atoms with Crippen LogP contribution in [-0.2, 0) is 6.54 Å². The maximum atomic E-state index is 12.4. The van der Waals surface area contributed by atoms with Gasteiger partial charge in [-0.25, -0.2) is 0 Å². The summed E-state index contributed by atoms with van der Waals surface area (Å²) in [4.78, 5) is 18.3. The molecular weight excluding hydrogens is 268 g/mol. The molecule has 0 atom stereocenters. The third-order valence-corrected chi connectivity index (χ3v) is 3.93. The van der Waals surface area contributed by atoms with Crippen molar-refractivity contribution in [3.8, 4) is 0 Å². The molecule has 0 saturated carbocycles. The lowest BCUT2D eigenvalue weighted by molar-refractivity contribution is 0.0779. The van der Waals surface area contributed by atoms with Gasteiger partial charge in [-0.2, -0.15) is 11.3 Å². The molecule has 2 aromatic heterocycles. The zero-order valence-corrected chi connectivity index (χ0v) is 11.9. The number of rotatable bonds is 3. The lowest BCUT2D eigenvalue weighted by Gasteiger charge is -2.16. The molecule has 0 unspecified atom stereocenters. The van der Waals surface area contributed by atoms with E-state index in [0.717, 1.165) is 16.3 Å². The molecule has 0 aliphatic rings. The van der Waals surface area contributed by atoms with Crippen LogP contribution in [0.4, 0.5) is 0 Å². The van der Waals surface area contributed by atoms with E-state index in [1.807, 2.05) is 41.8 Å². The minimum atomic E-state index is -0.0537. The first-order valence-electron chi connectivity index (χ1n) is 6.35. The Kier molecular flexibility index (Phi) is 3.48. The Morgan fingerprint density at radius 2 is 2.05 bits per heavy atom. The molecule has 0 saturated heterocycles. The Balaban J connectivity index is 1.84. The van der Waals surface area contributed by atoms with Gasteiger partial charge in [-0.1, -0.05) is 24.3 Å². The Morgan fingerprint density at radius 1 is 1.25 bits per heavy atom. The van der Waals surface area contributed by atoms with Crippen LogP contribution in [-0.4, -0.2) is 22.8 Å². The smallest absolute Gasteiger partial charge is 0.272 e. The number of benzene rings is 1. The molecule has 0 aliphatic carbocycles. The normalized spacial score (nSPS) is 10.7. The van der Waals surface area contributed by atoms with Crippen molar-refractivity contribution >= 4 is 28.0 Å². The topological polar surface area (TPSA) is 33.2 Å². The van der Waals surface area contributed by atoms with Gasteiger partial charge < -0.3 is 4.90 Å². The molecule has 2 heterocycles. The highest BCUT2D eigenvalue weighted by atomic mass is 32.1. The first-order valence-corrected chi connectivity index (χ1v) is 7.29. The first-order chi connectivity index (χ1) is 9.74. The van der Waals surface area contributed by atoms with E-state index in [9.17, 15) is 4.79 Å². The van der Waals surface area contributed by atoms with Gasteiger partial charge in [-0.3, -0.25) is 9.78 Å². The highest BCUT2D eigenvalue weighted by Crippen LogP contribution is 2.15. The second-order valence-electron chi connectivity index (χ2n) is 4.71. The zero-order valence-electron chi connectivity index (χ0n) is 11.1. The lowest BCUT2D eigenvalue weighted by Crippen LogP contribution is -2.26. The number of amides is 1. The van der Waals surface area contributed by atoms with Crippen LogP contribution in [0, 0.1) is 0 Å². The molecule has 3 aromatic rings. The molecule has 1 amide bonds. The standard InChI is InChI=1S/C16H14N2OS/c1-18(10-12-6-7-20-11-12)16(19)15-8-13-4-2-3-5-14(13)9-17-15/h2-9,11H,10H2,1H3. The molecule has 1 aromatic carbocycles. The molecule has 0 radical (unpaired) electrons. The summed E-state index contributed by atoms with van der Waals surface area (Å²) in [5, 5.41) is 6.15. The largest absolute Gasteiger partial charge is 0.336 e. The van der Waals surface area contributed by atoms with Gasteiger partial charge in [-0.15, -0.1) is 0 Å². The van der Waals surface area contributed by atoms with Gasteiger partial charge in [0, 0.05) is 25.2 Å². The molecule has 0 spiro atoms. The zero-order chi connectivity index (χ0) is 13.9. The van der Waals surface area contributed by atoms with Crippen LogP contribution in [0.1, 0.15) is 16.1 Å². The number of carbonyl (C=O) groups is 1. The predicted molar refractivity (Wildman–Crippen MR) is 81.9 cm³/mol. The number of fused-ring (bicyclic) bond motifs is 1. The van der Waals surface area contributed by atoms with Gasteiger partial charge in [0.15, 0.2) is 0 Å². The van der Waals surface area contributed by atoms with Gasteiger partial charge in [0.05, 0.1) is 0 Å². The highest BCUT2D eigenvalue weighted by molar-refractivity contribution is 7.07. The molecule has 100 valence electrons. The van der Waals surface area contributed by atoms with Gasteiger partial charge in [0.25, 0.3) is 5.91 Å². The van der Waals surface area contributed by atoms with Crippen molar-refractivity contribution in [3.05, 3.63) is 64.6 Å². The van der Waals surface area contributed by atoms with E-state index in [-0.39, 0.29) is 5.91 Å². The first kappa shape index (κ1) is 12.8. The van der Waals surface area contributed by atoms with E-state index >= 15 is 0 Å². The molecular formula is C16H14N2OS. The quantitative estimate of drug-likeness (QED) is 0.736. The molecule has 4 heteroatoms. The monoisotopic (exact) mass is 282 g/mol. The molecule has 3 nitrogen and oxygen atoms in total. The maximum Gasteiger partial charge on any atom is 0.272 e. The average molecular weight is 282 g/mol. The number of nitrogens with zero attached hydrogens (tertiary/aromatic N) is 2. The number of aromatic nitrogens is 1. The van der Waals surface area contributed by atoms with Crippen molar-refractivity contribution in [1.29, 1.82) is 0 Å². The molecule has 0 N–H and O–H groups in total. The van der Waals surface area contributed by atoms with Crippen molar-refractivity contribution in [2.45, 2.75) is 6.54 Å². The maximum absolute atomic E-state index is 12.4. The van der Waals surface area contributed by atoms with Crippen LogP contribution >= 0.6 is 11.3 Å². The molecule has 0 fully saturated rings. The minimum absolute atomic E-state index is 0.0537.